The second-order valence-electron chi connectivity index (χ2n) is 4.95. The molecule has 0 saturated carbocycles. The number of pyridine rings is 1. The summed E-state index contributed by atoms with van der Waals surface area (Å²) < 4.78 is 0.812. The van der Waals surface area contributed by atoms with E-state index in [-0.39, 0.29) is 11.9 Å². The predicted molar refractivity (Wildman–Crippen MR) is 73.3 cm³/mol. The summed E-state index contributed by atoms with van der Waals surface area (Å²) in [6, 6.07) is 4.48. The molecule has 2 unspecified atom stereocenters. The summed E-state index contributed by atoms with van der Waals surface area (Å²) in [5, 5.41) is 3.47. The lowest BCUT2D eigenvalue weighted by molar-refractivity contribution is -0.129. The molecule has 1 aromatic heterocycles. The van der Waals surface area contributed by atoms with E-state index in [9.17, 15) is 4.79 Å². The number of hydrogen-bond acceptors (Lipinski definition) is 3. The zero-order valence-electron chi connectivity index (χ0n) is 10.1. The van der Waals surface area contributed by atoms with Gasteiger partial charge in [-0.3, -0.25) is 4.79 Å². The zero-order chi connectivity index (χ0) is 12.5. The highest BCUT2D eigenvalue weighted by atomic mass is 79.9. The fraction of sp³-hybridized carbons (Fsp3) is 0.538. The number of halogens is 1. The van der Waals surface area contributed by atoms with Crippen LogP contribution < -0.4 is 5.32 Å². The first-order valence-electron chi connectivity index (χ1n) is 6.42. The molecule has 0 radical (unpaired) electrons. The number of fused-ring (bicyclic) bond motifs is 1. The Kier molecular flexibility index (Phi) is 3.24. The van der Waals surface area contributed by atoms with E-state index < -0.39 is 0 Å². The monoisotopic (exact) mass is 309 g/mol. The van der Waals surface area contributed by atoms with Crippen molar-refractivity contribution in [2.45, 2.75) is 37.8 Å². The molecule has 3 heterocycles. The van der Waals surface area contributed by atoms with Gasteiger partial charge >= 0.3 is 0 Å². The maximum absolute atomic E-state index is 12.0. The first-order valence-corrected chi connectivity index (χ1v) is 7.21. The van der Waals surface area contributed by atoms with Crippen molar-refractivity contribution < 1.29 is 4.79 Å². The lowest BCUT2D eigenvalue weighted by Gasteiger charge is -2.33. The molecule has 0 aliphatic carbocycles. The van der Waals surface area contributed by atoms with Crippen LogP contribution in [0.3, 0.4) is 0 Å². The van der Waals surface area contributed by atoms with Gasteiger partial charge in [-0.25, -0.2) is 4.98 Å². The van der Waals surface area contributed by atoms with Crippen molar-refractivity contribution >= 4 is 27.5 Å². The number of piperidine rings is 1. The van der Waals surface area contributed by atoms with Crippen molar-refractivity contribution in [3.05, 3.63) is 22.9 Å². The number of nitrogens with zero attached hydrogens (tertiary/aromatic N) is 2. The number of hydrogen-bond donors (Lipinski definition) is 1. The Labute approximate surface area is 115 Å². The average Bonchev–Trinajstić information content (AvgIpc) is 2.70. The molecule has 0 spiro atoms. The fourth-order valence-corrected chi connectivity index (χ4v) is 3.33. The van der Waals surface area contributed by atoms with Gasteiger partial charge in [0.05, 0.1) is 17.8 Å². The molecule has 2 aliphatic rings. The average molecular weight is 310 g/mol. The van der Waals surface area contributed by atoms with Gasteiger partial charge in [-0.2, -0.15) is 0 Å². The second kappa shape index (κ2) is 4.88. The Morgan fingerprint density at radius 2 is 2.33 bits per heavy atom. The van der Waals surface area contributed by atoms with Crippen LogP contribution in [0.25, 0.3) is 0 Å². The normalized spacial score (nSPS) is 27.2. The first-order chi connectivity index (χ1) is 8.75. The minimum absolute atomic E-state index is 0.221. The molecular weight excluding hydrogens is 294 g/mol. The molecular formula is C13H16BrN3O. The van der Waals surface area contributed by atoms with E-state index in [2.05, 4.69) is 26.2 Å². The van der Waals surface area contributed by atoms with Gasteiger partial charge in [0.25, 0.3) is 0 Å². The summed E-state index contributed by atoms with van der Waals surface area (Å²) in [7, 11) is 0. The number of carbonyl (C=O) groups is 1. The van der Waals surface area contributed by atoms with E-state index in [4.69, 9.17) is 0 Å². The van der Waals surface area contributed by atoms with Gasteiger partial charge in [-0.05, 0) is 47.3 Å². The highest BCUT2D eigenvalue weighted by Gasteiger charge is 2.40. The van der Waals surface area contributed by atoms with Gasteiger partial charge in [-0.15, -0.1) is 0 Å². The van der Waals surface area contributed by atoms with Gasteiger partial charge < -0.3 is 10.2 Å². The number of aromatic nitrogens is 1. The van der Waals surface area contributed by atoms with Crippen LogP contribution in [0.2, 0.25) is 0 Å². The molecule has 2 saturated heterocycles. The minimum atomic E-state index is 0.221. The molecule has 0 aromatic carbocycles. The minimum Gasteiger partial charge on any atom is -0.378 e. The summed E-state index contributed by atoms with van der Waals surface area (Å²) in [6.45, 7) is 0.926. The number of anilines is 1. The lowest BCUT2D eigenvalue weighted by atomic mass is 9.99. The highest BCUT2D eigenvalue weighted by Crippen LogP contribution is 2.31. The van der Waals surface area contributed by atoms with Crippen LogP contribution in [0.15, 0.2) is 22.9 Å². The predicted octanol–water partition coefficient (Wildman–Crippen LogP) is 2.41. The molecule has 2 fully saturated rings. The van der Waals surface area contributed by atoms with E-state index in [1.165, 1.54) is 6.42 Å². The Bertz CT molecular complexity index is 465. The smallest absolute Gasteiger partial charge is 0.225 e. The third kappa shape index (κ3) is 2.11. The van der Waals surface area contributed by atoms with Gasteiger partial charge in [0.2, 0.25) is 5.91 Å². The largest absolute Gasteiger partial charge is 0.378 e. The van der Waals surface area contributed by atoms with Crippen molar-refractivity contribution in [3.8, 4) is 0 Å². The van der Waals surface area contributed by atoms with Crippen molar-refractivity contribution in [3.63, 3.8) is 0 Å². The van der Waals surface area contributed by atoms with Gasteiger partial charge in [0.15, 0.2) is 0 Å². The lowest BCUT2D eigenvalue weighted by Crippen LogP contribution is -2.42. The topological polar surface area (TPSA) is 45.2 Å². The Balaban J connectivity index is 1.77. The molecule has 2 atom stereocenters. The van der Waals surface area contributed by atoms with Crippen molar-refractivity contribution in [2.24, 2.45) is 0 Å². The fourth-order valence-electron chi connectivity index (χ4n) is 2.97. The highest BCUT2D eigenvalue weighted by molar-refractivity contribution is 9.10. The van der Waals surface area contributed by atoms with Crippen LogP contribution in [0.4, 0.5) is 5.69 Å². The number of amides is 1. The van der Waals surface area contributed by atoms with E-state index >= 15 is 0 Å². The molecule has 18 heavy (non-hydrogen) atoms. The molecule has 1 amide bonds. The Morgan fingerprint density at radius 1 is 1.44 bits per heavy atom. The summed E-state index contributed by atoms with van der Waals surface area (Å²) in [5.74, 6) is 0.289. The molecule has 1 aromatic rings. The van der Waals surface area contributed by atoms with Crippen LogP contribution in [0, 0.1) is 0 Å². The Morgan fingerprint density at radius 3 is 3.17 bits per heavy atom. The molecule has 4 nitrogen and oxygen atoms in total. The van der Waals surface area contributed by atoms with Crippen LogP contribution in [0.1, 0.15) is 25.7 Å². The molecule has 96 valence electrons. The third-order valence-corrected chi connectivity index (χ3v) is 4.46. The number of rotatable bonds is 2. The summed E-state index contributed by atoms with van der Waals surface area (Å²) >= 11 is 3.43. The van der Waals surface area contributed by atoms with Crippen molar-refractivity contribution in [2.75, 3.05) is 11.9 Å². The maximum Gasteiger partial charge on any atom is 0.225 e. The van der Waals surface area contributed by atoms with E-state index in [0.717, 1.165) is 29.7 Å². The molecule has 0 bridgehead atoms. The van der Waals surface area contributed by atoms with Crippen molar-refractivity contribution in [1.29, 1.82) is 0 Å². The van der Waals surface area contributed by atoms with Gasteiger partial charge in [0.1, 0.15) is 4.60 Å². The standard InChI is InChI=1S/C13H16BrN3O/c14-13-9(4-3-6-15-13)16-10-8-12(18)17-7-2-1-5-11(10)17/h3-4,6,10-11,16H,1-2,5,7-8H2. The van der Waals surface area contributed by atoms with Crippen LogP contribution in [-0.2, 0) is 4.79 Å². The summed E-state index contributed by atoms with van der Waals surface area (Å²) in [4.78, 5) is 18.2. The quantitative estimate of drug-likeness (QED) is 0.853. The SMILES string of the molecule is O=C1CC(Nc2cccnc2Br)C2CCCCN12. The van der Waals surface area contributed by atoms with Crippen LogP contribution in [0.5, 0.6) is 0 Å². The Hall–Kier alpha value is -1.10. The van der Waals surface area contributed by atoms with E-state index in [0.29, 0.717) is 12.5 Å². The zero-order valence-corrected chi connectivity index (χ0v) is 11.7. The first kappa shape index (κ1) is 12.0. The van der Waals surface area contributed by atoms with Gasteiger partial charge in [-0.1, -0.05) is 0 Å². The van der Waals surface area contributed by atoms with Gasteiger partial charge in [0, 0.05) is 19.2 Å². The number of carbonyl (C=O) groups excluding carboxylic acids is 1. The molecule has 3 rings (SSSR count). The van der Waals surface area contributed by atoms with Crippen LogP contribution >= 0.6 is 15.9 Å². The van der Waals surface area contributed by atoms with E-state index in [1.54, 1.807) is 6.20 Å². The summed E-state index contributed by atoms with van der Waals surface area (Å²) in [5.41, 5.74) is 0.975. The number of nitrogens with one attached hydrogen (secondary N) is 1. The molecule has 1 N–H and O–H groups in total. The van der Waals surface area contributed by atoms with Crippen molar-refractivity contribution in [1.82, 2.24) is 9.88 Å². The maximum atomic E-state index is 12.0. The molecule has 2 aliphatic heterocycles. The third-order valence-electron chi connectivity index (χ3n) is 3.83. The van der Waals surface area contributed by atoms with E-state index in [1.807, 2.05) is 17.0 Å². The summed E-state index contributed by atoms with van der Waals surface area (Å²) in [6.07, 6.45) is 5.83. The second-order valence-corrected chi connectivity index (χ2v) is 5.70. The van der Waals surface area contributed by atoms with Crippen LogP contribution in [-0.4, -0.2) is 34.4 Å². The molecule has 5 heteroatoms.